The molecule has 0 N–H and O–H groups in total. The summed E-state index contributed by atoms with van der Waals surface area (Å²) in [6, 6.07) is 32.7. The van der Waals surface area contributed by atoms with Gasteiger partial charge in [0.15, 0.2) is 0 Å². The maximum atomic E-state index is 14.1. The number of allylic oxidation sites excluding steroid dienone is 1. The second-order valence-corrected chi connectivity index (χ2v) is 11.6. The topological polar surface area (TPSA) is 34.1 Å². The molecule has 0 heterocycles. The van der Waals surface area contributed by atoms with Crippen molar-refractivity contribution in [2.24, 2.45) is 5.92 Å². The van der Waals surface area contributed by atoms with Crippen LogP contribution in [0.5, 0.6) is 0 Å². The van der Waals surface area contributed by atoms with Gasteiger partial charge in [0.05, 0.1) is 0 Å². The summed E-state index contributed by atoms with van der Waals surface area (Å²) in [5.41, 5.74) is 2.46. The molecule has 4 aromatic rings. The maximum absolute atomic E-state index is 14.1. The molecular weight excluding hydrogens is 582 g/mol. The Labute approximate surface area is 225 Å². The Morgan fingerprint density at radius 1 is 0.778 bits per heavy atom. The molecular formula is C31H24BrFO2Se. The van der Waals surface area contributed by atoms with Gasteiger partial charge in [-0.1, -0.05) is 0 Å². The van der Waals surface area contributed by atoms with Crippen molar-refractivity contribution in [1.29, 1.82) is 0 Å². The van der Waals surface area contributed by atoms with E-state index in [-0.39, 0.29) is 26.5 Å². The van der Waals surface area contributed by atoms with Gasteiger partial charge >= 0.3 is 226 Å². The molecule has 0 fully saturated rings. The molecule has 0 radical (unpaired) electrons. The van der Waals surface area contributed by atoms with E-state index >= 15 is 0 Å². The minimum atomic E-state index is -0.858. The van der Waals surface area contributed by atoms with E-state index in [1.807, 2.05) is 78.9 Å². The van der Waals surface area contributed by atoms with Crippen LogP contribution in [0.3, 0.4) is 0 Å². The van der Waals surface area contributed by atoms with Crippen LogP contribution in [0.25, 0.3) is 11.6 Å². The number of carbonyl (C=O) groups is 2. The summed E-state index contributed by atoms with van der Waals surface area (Å²) in [6.45, 7) is 0. The van der Waals surface area contributed by atoms with Crippen LogP contribution in [0.15, 0.2) is 114 Å². The van der Waals surface area contributed by atoms with Crippen molar-refractivity contribution in [3.8, 4) is 0 Å². The predicted molar refractivity (Wildman–Crippen MR) is 149 cm³/mol. The third-order valence-corrected chi connectivity index (χ3v) is 8.43. The number of hydrogen-bond acceptors (Lipinski definition) is 2. The molecule has 180 valence electrons. The number of hydrogen-bond donors (Lipinski definition) is 0. The Balaban J connectivity index is 1.69. The zero-order valence-corrected chi connectivity index (χ0v) is 22.7. The normalized spacial score (nSPS) is 12.2. The second kappa shape index (κ2) is 12.7. The number of Topliss-reactive ketones (excluding diaryl/α,β-unsaturated/α-hetero) is 2. The summed E-state index contributed by atoms with van der Waals surface area (Å²) in [5.74, 6) is -1.77. The fourth-order valence-corrected chi connectivity index (χ4v) is 6.07. The van der Waals surface area contributed by atoms with Crippen LogP contribution < -0.4 is 4.46 Å². The van der Waals surface area contributed by atoms with E-state index < -0.39 is 11.7 Å². The molecule has 5 heteroatoms. The van der Waals surface area contributed by atoms with E-state index in [2.05, 4.69) is 28.1 Å². The first-order valence-electron chi connectivity index (χ1n) is 11.6. The second-order valence-electron chi connectivity index (χ2n) is 8.21. The van der Waals surface area contributed by atoms with Crippen LogP contribution in [0.2, 0.25) is 5.32 Å². The number of rotatable bonds is 10. The van der Waals surface area contributed by atoms with E-state index in [1.54, 1.807) is 0 Å². The van der Waals surface area contributed by atoms with Crippen LogP contribution in [-0.4, -0.2) is 26.5 Å². The van der Waals surface area contributed by atoms with Crippen molar-refractivity contribution in [3.05, 3.63) is 136 Å². The summed E-state index contributed by atoms with van der Waals surface area (Å²) in [4.78, 5) is 27.7. The van der Waals surface area contributed by atoms with E-state index in [1.165, 1.54) is 28.7 Å². The molecule has 4 aromatic carbocycles. The first-order chi connectivity index (χ1) is 17.5. The van der Waals surface area contributed by atoms with Gasteiger partial charge in [-0.05, 0) is 0 Å². The average molecular weight is 606 g/mol. The van der Waals surface area contributed by atoms with Crippen LogP contribution in [0.4, 0.5) is 4.39 Å². The van der Waals surface area contributed by atoms with Gasteiger partial charge < -0.3 is 0 Å². The quantitative estimate of drug-likeness (QED) is 0.0639. The monoisotopic (exact) mass is 606 g/mol. The molecule has 0 saturated heterocycles. The van der Waals surface area contributed by atoms with E-state index in [4.69, 9.17) is 0 Å². The van der Waals surface area contributed by atoms with Gasteiger partial charge in [0.2, 0.25) is 0 Å². The fourth-order valence-electron chi connectivity index (χ4n) is 3.84. The van der Waals surface area contributed by atoms with Gasteiger partial charge in [-0.2, -0.15) is 0 Å². The predicted octanol–water partition coefficient (Wildman–Crippen LogP) is 7.04. The van der Waals surface area contributed by atoms with Crippen LogP contribution in [-0.2, 0) is 4.79 Å². The van der Waals surface area contributed by atoms with Crippen LogP contribution in [0.1, 0.15) is 27.9 Å². The van der Waals surface area contributed by atoms with Crippen molar-refractivity contribution >= 4 is 58.6 Å². The van der Waals surface area contributed by atoms with Gasteiger partial charge in [0.1, 0.15) is 0 Å². The average Bonchev–Trinajstić information content (AvgIpc) is 2.91. The number of benzene rings is 4. The summed E-state index contributed by atoms with van der Waals surface area (Å²) < 4.78 is 15.7. The standard InChI is InChI=1S/C31H24BrFO2Se/c32-25-15-11-22(12-16-25)21-29(23-7-3-1-4-8-23)31(35)28(19-20-36-27-9-5-2-6-10-27)30(34)24-13-17-26(33)18-14-24/h1-18,21,28H,19-20H2/b29-21+. The number of carbonyl (C=O) groups excluding carboxylic acids is 2. The van der Waals surface area contributed by atoms with Crippen molar-refractivity contribution in [2.45, 2.75) is 11.7 Å². The molecule has 0 saturated carbocycles. The SMILES string of the molecule is O=C(/C(=C/c1ccc(Br)cc1)c1ccccc1)C(CC[Se]c1ccccc1)C(=O)c1ccc(F)cc1. The molecule has 0 aliphatic carbocycles. The summed E-state index contributed by atoms with van der Waals surface area (Å²) in [5, 5.41) is 0.737. The third kappa shape index (κ3) is 6.98. The van der Waals surface area contributed by atoms with E-state index in [9.17, 15) is 14.0 Å². The Hall–Kier alpha value is -3.11. The fraction of sp³-hybridized carbons (Fsp3) is 0.0968. The summed E-state index contributed by atoms with van der Waals surface area (Å²) >= 11 is 3.58. The Morgan fingerprint density at radius 3 is 2.03 bits per heavy atom. The molecule has 0 aliphatic rings. The summed E-state index contributed by atoms with van der Waals surface area (Å²) in [7, 11) is 0. The Kier molecular flexibility index (Phi) is 9.18. The molecule has 0 amide bonds. The molecule has 1 unspecified atom stereocenters. The molecule has 36 heavy (non-hydrogen) atoms. The zero-order valence-electron chi connectivity index (χ0n) is 19.4. The van der Waals surface area contributed by atoms with Crippen LogP contribution >= 0.6 is 15.9 Å². The minimum absolute atomic E-state index is 0.130. The molecule has 4 rings (SSSR count). The van der Waals surface area contributed by atoms with E-state index in [0.717, 1.165) is 20.9 Å². The van der Waals surface area contributed by atoms with Gasteiger partial charge in [0.25, 0.3) is 0 Å². The van der Waals surface area contributed by atoms with Crippen molar-refractivity contribution in [1.82, 2.24) is 0 Å². The molecule has 1 atom stereocenters. The van der Waals surface area contributed by atoms with Gasteiger partial charge in [-0.3, -0.25) is 0 Å². The first-order valence-corrected chi connectivity index (χ1v) is 14.4. The Bertz CT molecular complexity index is 1340. The summed E-state index contributed by atoms with van der Waals surface area (Å²) in [6.07, 6.45) is 2.27. The van der Waals surface area contributed by atoms with Crippen molar-refractivity contribution in [3.63, 3.8) is 0 Å². The van der Waals surface area contributed by atoms with Gasteiger partial charge in [-0.15, -0.1) is 0 Å². The van der Waals surface area contributed by atoms with Crippen molar-refractivity contribution < 1.29 is 14.0 Å². The Morgan fingerprint density at radius 2 is 1.39 bits per heavy atom. The first kappa shape index (κ1) is 26.0. The van der Waals surface area contributed by atoms with E-state index in [0.29, 0.717) is 17.6 Å². The molecule has 0 bridgehead atoms. The molecule has 0 aliphatic heterocycles. The molecule has 2 nitrogen and oxygen atoms in total. The number of ketones is 2. The van der Waals surface area contributed by atoms with Gasteiger partial charge in [-0.25, -0.2) is 0 Å². The molecule has 0 aromatic heterocycles. The third-order valence-electron chi connectivity index (χ3n) is 5.71. The van der Waals surface area contributed by atoms with Gasteiger partial charge in [0, 0.05) is 0 Å². The number of halogens is 2. The molecule has 0 spiro atoms. The van der Waals surface area contributed by atoms with Crippen molar-refractivity contribution in [2.75, 3.05) is 0 Å². The zero-order chi connectivity index (χ0) is 25.3. The van der Waals surface area contributed by atoms with Crippen LogP contribution in [0, 0.1) is 11.7 Å².